The van der Waals surface area contributed by atoms with E-state index in [1.807, 2.05) is 0 Å². The van der Waals surface area contributed by atoms with Gasteiger partial charge in [0.15, 0.2) is 0 Å². The van der Waals surface area contributed by atoms with Crippen LogP contribution in [-0.2, 0) is 0 Å². The number of nitrogens with zero attached hydrogens (tertiary/aromatic N) is 1. The van der Waals surface area contributed by atoms with Gasteiger partial charge >= 0.3 is 0 Å². The normalized spacial score (nSPS) is 17.4. The number of rotatable bonds is 3. The van der Waals surface area contributed by atoms with Crippen molar-refractivity contribution in [3.63, 3.8) is 0 Å². The van der Waals surface area contributed by atoms with Gasteiger partial charge in [-0.05, 0) is 31.0 Å². The van der Waals surface area contributed by atoms with Crippen LogP contribution in [0.3, 0.4) is 0 Å². The average Bonchev–Trinajstić information content (AvgIpc) is 2.31. The molecule has 1 aliphatic heterocycles. The molecule has 1 heterocycles. The topological polar surface area (TPSA) is 15.3 Å². The zero-order valence-corrected chi connectivity index (χ0v) is 10.9. The second kappa shape index (κ2) is 6.08. The number of halogens is 2. The fourth-order valence-electron chi connectivity index (χ4n) is 2.24. The summed E-state index contributed by atoms with van der Waals surface area (Å²) >= 11 is 5.82. The van der Waals surface area contributed by atoms with Crippen molar-refractivity contribution >= 4 is 17.3 Å². The van der Waals surface area contributed by atoms with Crippen LogP contribution >= 0.6 is 11.6 Å². The maximum atomic E-state index is 13.2. The Morgan fingerprint density at radius 1 is 1.39 bits per heavy atom. The second-order valence-electron chi connectivity index (χ2n) is 4.56. The quantitative estimate of drug-likeness (QED) is 0.846. The molecule has 4 heteroatoms. The van der Waals surface area contributed by atoms with Crippen LogP contribution in [0.5, 0.6) is 0 Å². The number of hydrogen-bond donors (Lipinski definition) is 1. The molecule has 1 saturated heterocycles. The van der Waals surface area contributed by atoms with Crippen molar-refractivity contribution in [3.05, 3.63) is 29.0 Å². The molecule has 0 aliphatic carbocycles. The molecule has 2 nitrogen and oxygen atoms in total. The lowest BCUT2D eigenvalue weighted by molar-refractivity contribution is 0.243. The summed E-state index contributed by atoms with van der Waals surface area (Å²) in [5.41, 5.74) is 0.746. The summed E-state index contributed by atoms with van der Waals surface area (Å²) in [7, 11) is 0. The third-order valence-corrected chi connectivity index (χ3v) is 3.35. The molecule has 18 heavy (non-hydrogen) atoms. The van der Waals surface area contributed by atoms with E-state index in [2.05, 4.69) is 16.1 Å². The van der Waals surface area contributed by atoms with Crippen LogP contribution in [0.4, 0.5) is 10.1 Å². The van der Waals surface area contributed by atoms with Gasteiger partial charge in [-0.25, -0.2) is 4.39 Å². The highest BCUT2D eigenvalue weighted by Gasteiger charge is 2.18. The Balaban J connectivity index is 1.90. The zero-order chi connectivity index (χ0) is 13.0. The summed E-state index contributed by atoms with van der Waals surface area (Å²) in [6, 6.07) is 4.89. The fraction of sp³-hybridized carbons (Fsp3) is 0.429. The van der Waals surface area contributed by atoms with Gasteiger partial charge in [0.1, 0.15) is 5.82 Å². The van der Waals surface area contributed by atoms with E-state index in [-0.39, 0.29) is 5.82 Å². The van der Waals surface area contributed by atoms with Crippen molar-refractivity contribution in [1.82, 2.24) is 4.90 Å². The number of likely N-dealkylation sites (tertiary alicyclic amines) is 1. The van der Waals surface area contributed by atoms with Crippen LogP contribution in [0.1, 0.15) is 12.8 Å². The Kier molecular flexibility index (Phi) is 4.46. The van der Waals surface area contributed by atoms with E-state index in [9.17, 15) is 4.39 Å². The Morgan fingerprint density at radius 3 is 2.72 bits per heavy atom. The first-order valence-corrected chi connectivity index (χ1v) is 6.43. The lowest BCUT2D eigenvalue weighted by atomic mass is 10.0. The summed E-state index contributed by atoms with van der Waals surface area (Å²) in [6.45, 7) is 2.66. The summed E-state index contributed by atoms with van der Waals surface area (Å²) in [6.07, 6.45) is 7.31. The van der Waals surface area contributed by atoms with Gasteiger partial charge in [-0.1, -0.05) is 17.5 Å². The first-order chi connectivity index (χ1) is 8.67. The van der Waals surface area contributed by atoms with Crippen molar-refractivity contribution in [2.75, 3.05) is 25.0 Å². The molecule has 0 aromatic heterocycles. The maximum Gasteiger partial charge on any atom is 0.126 e. The SMILES string of the molecule is C#CCN1CCC(Nc2cc(F)cc(Cl)c2)CC1. The highest BCUT2D eigenvalue weighted by Crippen LogP contribution is 2.21. The fourth-order valence-corrected chi connectivity index (χ4v) is 2.46. The van der Waals surface area contributed by atoms with E-state index in [4.69, 9.17) is 18.0 Å². The molecule has 0 amide bonds. The first kappa shape index (κ1) is 13.2. The second-order valence-corrected chi connectivity index (χ2v) is 4.99. The third kappa shape index (κ3) is 3.63. The third-order valence-electron chi connectivity index (χ3n) is 3.14. The molecular formula is C14H16ClFN2. The molecule has 1 N–H and O–H groups in total. The Hall–Kier alpha value is -1.24. The van der Waals surface area contributed by atoms with Gasteiger partial charge in [-0.15, -0.1) is 6.42 Å². The lowest BCUT2D eigenvalue weighted by Crippen LogP contribution is -2.39. The van der Waals surface area contributed by atoms with Crippen molar-refractivity contribution in [3.8, 4) is 12.3 Å². The predicted molar refractivity (Wildman–Crippen MR) is 73.3 cm³/mol. The smallest absolute Gasteiger partial charge is 0.126 e. The Labute approximate surface area is 112 Å². The van der Waals surface area contributed by atoms with Crippen molar-refractivity contribution in [1.29, 1.82) is 0 Å². The monoisotopic (exact) mass is 266 g/mol. The molecule has 1 aliphatic rings. The largest absolute Gasteiger partial charge is 0.382 e. The minimum absolute atomic E-state index is 0.310. The number of benzene rings is 1. The van der Waals surface area contributed by atoms with E-state index in [0.717, 1.165) is 31.6 Å². The minimum atomic E-state index is -0.310. The highest BCUT2D eigenvalue weighted by molar-refractivity contribution is 6.30. The van der Waals surface area contributed by atoms with Crippen LogP contribution in [0.15, 0.2) is 18.2 Å². The van der Waals surface area contributed by atoms with E-state index in [1.54, 1.807) is 6.07 Å². The van der Waals surface area contributed by atoms with Gasteiger partial charge in [-0.2, -0.15) is 0 Å². The summed E-state index contributed by atoms with van der Waals surface area (Å²) < 4.78 is 13.2. The molecule has 2 rings (SSSR count). The van der Waals surface area contributed by atoms with E-state index in [1.165, 1.54) is 12.1 Å². The highest BCUT2D eigenvalue weighted by atomic mass is 35.5. The van der Waals surface area contributed by atoms with Crippen molar-refractivity contribution in [2.45, 2.75) is 18.9 Å². The molecule has 0 saturated carbocycles. The Bertz CT molecular complexity index is 427. The predicted octanol–water partition coefficient (Wildman–Crippen LogP) is 2.99. The minimum Gasteiger partial charge on any atom is -0.382 e. The molecule has 0 bridgehead atoms. The van der Waals surface area contributed by atoms with E-state index < -0.39 is 0 Å². The standard InChI is InChI=1S/C14H16ClFN2/c1-2-5-18-6-3-13(4-7-18)17-14-9-11(15)8-12(16)10-14/h1,8-10,13,17H,3-7H2. The lowest BCUT2D eigenvalue weighted by Gasteiger charge is -2.31. The van der Waals surface area contributed by atoms with Crippen molar-refractivity contribution in [2.24, 2.45) is 0 Å². The molecule has 0 atom stereocenters. The molecule has 0 radical (unpaired) electrons. The van der Waals surface area contributed by atoms with Gasteiger partial charge in [0.05, 0.1) is 6.54 Å². The van der Waals surface area contributed by atoms with Crippen LogP contribution < -0.4 is 5.32 Å². The number of piperidine rings is 1. The number of hydrogen-bond acceptors (Lipinski definition) is 2. The number of terminal acetylenes is 1. The van der Waals surface area contributed by atoms with Crippen LogP contribution in [0.25, 0.3) is 0 Å². The Morgan fingerprint density at radius 2 is 2.11 bits per heavy atom. The summed E-state index contributed by atoms with van der Waals surface area (Å²) in [5.74, 6) is 2.34. The first-order valence-electron chi connectivity index (χ1n) is 6.06. The molecule has 0 spiro atoms. The number of nitrogens with one attached hydrogen (secondary N) is 1. The van der Waals surface area contributed by atoms with Gasteiger partial charge in [0, 0.05) is 29.8 Å². The summed E-state index contributed by atoms with van der Waals surface area (Å²) in [5, 5.41) is 3.74. The van der Waals surface area contributed by atoms with Crippen molar-refractivity contribution < 1.29 is 4.39 Å². The molecule has 1 aromatic rings. The molecular weight excluding hydrogens is 251 g/mol. The van der Waals surface area contributed by atoms with Crippen LogP contribution in [0, 0.1) is 18.2 Å². The maximum absolute atomic E-state index is 13.2. The van der Waals surface area contributed by atoms with Gasteiger partial charge in [-0.3, -0.25) is 4.90 Å². The van der Waals surface area contributed by atoms with Crippen LogP contribution in [-0.4, -0.2) is 30.6 Å². The molecule has 1 aromatic carbocycles. The number of anilines is 1. The van der Waals surface area contributed by atoms with Gasteiger partial charge in [0.2, 0.25) is 0 Å². The molecule has 96 valence electrons. The average molecular weight is 267 g/mol. The van der Waals surface area contributed by atoms with Gasteiger partial charge < -0.3 is 5.32 Å². The van der Waals surface area contributed by atoms with Crippen LogP contribution in [0.2, 0.25) is 5.02 Å². The molecule has 1 fully saturated rings. The zero-order valence-electron chi connectivity index (χ0n) is 10.1. The molecule has 0 unspecified atom stereocenters. The summed E-state index contributed by atoms with van der Waals surface area (Å²) in [4.78, 5) is 2.25. The van der Waals surface area contributed by atoms with Gasteiger partial charge in [0.25, 0.3) is 0 Å². The van der Waals surface area contributed by atoms with E-state index >= 15 is 0 Å². The van der Waals surface area contributed by atoms with E-state index in [0.29, 0.717) is 17.6 Å².